The molecule has 2 aromatic carbocycles. The molecular weight excluding hydrogens is 421 g/mol. The van der Waals surface area contributed by atoms with Gasteiger partial charge in [-0.3, -0.25) is 4.79 Å². The largest absolute Gasteiger partial charge is 0.471 e. The molecule has 0 saturated carbocycles. The van der Waals surface area contributed by atoms with Gasteiger partial charge in [0, 0.05) is 33.5 Å². The predicted molar refractivity (Wildman–Crippen MR) is 120 cm³/mol. The molecule has 7 heteroatoms. The second-order valence-corrected chi connectivity index (χ2v) is 10.4. The minimum absolute atomic E-state index is 0.282. The van der Waals surface area contributed by atoms with Gasteiger partial charge in [0.1, 0.15) is 0 Å². The molecule has 1 heterocycles. The maximum atomic E-state index is 13.5. The van der Waals surface area contributed by atoms with Gasteiger partial charge in [0.15, 0.2) is 0 Å². The third-order valence-corrected chi connectivity index (χ3v) is 6.44. The van der Waals surface area contributed by atoms with Crippen molar-refractivity contribution in [2.24, 2.45) is 0 Å². The number of halogens is 3. The van der Waals surface area contributed by atoms with Gasteiger partial charge in [-0.05, 0) is 70.4 Å². The molecule has 3 rings (SSSR count). The topological polar surface area (TPSA) is 32.3 Å². The molecule has 0 radical (unpaired) electrons. The van der Waals surface area contributed by atoms with Crippen LogP contribution >= 0.6 is 11.8 Å². The number of piperidine rings is 1. The average molecular weight is 451 g/mol. The summed E-state index contributed by atoms with van der Waals surface area (Å²) >= 11 is 1.61. The Morgan fingerprint density at radius 3 is 2.06 bits per heavy atom. The molecule has 0 atom stereocenters. The third-order valence-electron chi connectivity index (χ3n) is 5.36. The molecular formula is C24H29F3N2OS. The van der Waals surface area contributed by atoms with Gasteiger partial charge in [0.05, 0.1) is 0 Å². The van der Waals surface area contributed by atoms with Crippen LogP contribution in [-0.4, -0.2) is 29.2 Å². The summed E-state index contributed by atoms with van der Waals surface area (Å²) in [6, 6.07) is 16.2. The van der Waals surface area contributed by atoms with E-state index in [1.54, 1.807) is 36.0 Å². The Labute approximate surface area is 186 Å². The van der Waals surface area contributed by atoms with Gasteiger partial charge in [-0.1, -0.05) is 30.3 Å². The predicted octanol–water partition coefficient (Wildman–Crippen LogP) is 6.18. The number of hydrogen-bond acceptors (Lipinski definition) is 3. The number of carbonyl (C=O) groups is 1. The minimum atomic E-state index is -4.93. The summed E-state index contributed by atoms with van der Waals surface area (Å²) in [6.45, 7) is 7.84. The lowest BCUT2D eigenvalue weighted by Crippen LogP contribution is -2.64. The number of nitrogens with one attached hydrogen (secondary N) is 1. The van der Waals surface area contributed by atoms with Crippen molar-refractivity contribution >= 4 is 23.4 Å². The molecule has 3 nitrogen and oxygen atoms in total. The van der Waals surface area contributed by atoms with Crippen molar-refractivity contribution in [3.05, 3.63) is 60.2 Å². The molecule has 31 heavy (non-hydrogen) atoms. The Bertz CT molecular complexity index is 879. The Hall–Kier alpha value is -1.99. The first-order valence-electron chi connectivity index (χ1n) is 10.3. The smallest absolute Gasteiger partial charge is 0.307 e. The SMILES string of the molecule is CC1(C)CC(N(C(=O)C(F)(F)F)c2ccc(SCc3ccccc3)cc2)CC(C)(C)N1. The van der Waals surface area contributed by atoms with E-state index < -0.39 is 18.1 Å². The highest BCUT2D eigenvalue weighted by Gasteiger charge is 2.49. The molecule has 0 unspecified atom stereocenters. The summed E-state index contributed by atoms with van der Waals surface area (Å²) in [7, 11) is 0. The molecule has 1 aliphatic heterocycles. The van der Waals surface area contributed by atoms with Crippen molar-refractivity contribution in [3.8, 4) is 0 Å². The van der Waals surface area contributed by atoms with E-state index in [4.69, 9.17) is 0 Å². The lowest BCUT2D eigenvalue weighted by Gasteiger charge is -2.49. The number of carbonyl (C=O) groups excluding carboxylic acids is 1. The minimum Gasteiger partial charge on any atom is -0.307 e. The van der Waals surface area contributed by atoms with E-state index in [9.17, 15) is 18.0 Å². The van der Waals surface area contributed by atoms with Crippen molar-refractivity contribution in [3.63, 3.8) is 0 Å². The number of amides is 1. The van der Waals surface area contributed by atoms with E-state index in [1.165, 1.54) is 5.56 Å². The van der Waals surface area contributed by atoms with E-state index in [0.717, 1.165) is 15.5 Å². The van der Waals surface area contributed by atoms with Gasteiger partial charge in [-0.15, -0.1) is 11.8 Å². The lowest BCUT2D eigenvalue weighted by atomic mass is 9.78. The Kier molecular flexibility index (Phi) is 6.77. The fraction of sp³-hybridized carbons (Fsp3) is 0.458. The number of hydrogen-bond donors (Lipinski definition) is 1. The van der Waals surface area contributed by atoms with Crippen LogP contribution in [-0.2, 0) is 10.5 Å². The monoisotopic (exact) mass is 450 g/mol. The van der Waals surface area contributed by atoms with E-state index in [2.05, 4.69) is 5.32 Å². The average Bonchev–Trinajstić information content (AvgIpc) is 2.65. The lowest BCUT2D eigenvalue weighted by molar-refractivity contribution is -0.171. The van der Waals surface area contributed by atoms with Crippen LogP contribution in [0.15, 0.2) is 59.5 Å². The van der Waals surface area contributed by atoms with Crippen molar-refractivity contribution in [2.45, 2.75) is 74.5 Å². The Balaban J connectivity index is 1.85. The van der Waals surface area contributed by atoms with Crippen molar-refractivity contribution in [1.82, 2.24) is 5.32 Å². The van der Waals surface area contributed by atoms with Crippen molar-refractivity contribution < 1.29 is 18.0 Å². The highest BCUT2D eigenvalue weighted by molar-refractivity contribution is 7.98. The van der Waals surface area contributed by atoms with E-state index in [1.807, 2.05) is 58.0 Å². The van der Waals surface area contributed by atoms with Crippen molar-refractivity contribution in [1.29, 1.82) is 0 Å². The van der Waals surface area contributed by atoms with Crippen LogP contribution in [0.5, 0.6) is 0 Å². The second-order valence-electron chi connectivity index (χ2n) is 9.40. The molecule has 0 bridgehead atoms. The van der Waals surface area contributed by atoms with Crippen LogP contribution in [0, 0.1) is 0 Å². The molecule has 0 spiro atoms. The second kappa shape index (κ2) is 8.87. The van der Waals surface area contributed by atoms with E-state index in [0.29, 0.717) is 12.8 Å². The zero-order valence-electron chi connectivity index (χ0n) is 18.3. The zero-order valence-corrected chi connectivity index (χ0v) is 19.1. The van der Waals surface area contributed by atoms with Gasteiger partial charge in [0.2, 0.25) is 0 Å². The standard InChI is InChI=1S/C24H29F3N2OS/c1-22(2)14-19(15-23(3,4)28-22)29(21(30)24(25,26)27)18-10-12-20(13-11-18)31-16-17-8-6-5-7-9-17/h5-13,19,28H,14-16H2,1-4H3. The summed E-state index contributed by atoms with van der Waals surface area (Å²) in [5, 5.41) is 3.46. The summed E-state index contributed by atoms with van der Waals surface area (Å²) < 4.78 is 40.5. The van der Waals surface area contributed by atoms with Crippen LogP contribution in [0.3, 0.4) is 0 Å². The van der Waals surface area contributed by atoms with E-state index in [-0.39, 0.29) is 16.8 Å². The fourth-order valence-electron chi connectivity index (χ4n) is 4.53. The van der Waals surface area contributed by atoms with Gasteiger partial charge in [0.25, 0.3) is 0 Å². The summed E-state index contributed by atoms with van der Waals surface area (Å²) in [5.41, 5.74) is 0.679. The normalized spacial score (nSPS) is 18.5. The maximum Gasteiger partial charge on any atom is 0.471 e. The highest BCUT2D eigenvalue weighted by Crippen LogP contribution is 2.37. The van der Waals surface area contributed by atoms with E-state index >= 15 is 0 Å². The molecule has 2 aromatic rings. The van der Waals surface area contributed by atoms with Gasteiger partial charge < -0.3 is 10.2 Å². The van der Waals surface area contributed by atoms with Crippen LogP contribution in [0.2, 0.25) is 0 Å². The maximum absolute atomic E-state index is 13.5. The number of thioether (sulfide) groups is 1. The number of benzene rings is 2. The van der Waals surface area contributed by atoms with Crippen LogP contribution in [0.1, 0.15) is 46.1 Å². The molecule has 1 N–H and O–H groups in total. The molecule has 0 aromatic heterocycles. The van der Waals surface area contributed by atoms with Crippen LogP contribution in [0.25, 0.3) is 0 Å². The quantitative estimate of drug-likeness (QED) is 0.552. The third kappa shape index (κ3) is 6.26. The molecule has 168 valence electrons. The first-order valence-corrected chi connectivity index (χ1v) is 11.3. The first kappa shape index (κ1) is 23.7. The number of nitrogens with zero attached hydrogens (tertiary/aromatic N) is 1. The summed E-state index contributed by atoms with van der Waals surface area (Å²) in [4.78, 5) is 14.4. The summed E-state index contributed by atoms with van der Waals surface area (Å²) in [6.07, 6.45) is -4.06. The number of rotatable bonds is 5. The molecule has 1 amide bonds. The number of anilines is 1. The van der Waals surface area contributed by atoms with Crippen molar-refractivity contribution in [2.75, 3.05) is 4.90 Å². The Morgan fingerprint density at radius 1 is 1.00 bits per heavy atom. The molecule has 1 fully saturated rings. The Morgan fingerprint density at radius 2 is 1.55 bits per heavy atom. The summed E-state index contributed by atoms with van der Waals surface area (Å²) in [5.74, 6) is -1.04. The van der Waals surface area contributed by atoms with Crippen LogP contribution < -0.4 is 10.2 Å². The van der Waals surface area contributed by atoms with Crippen LogP contribution in [0.4, 0.5) is 18.9 Å². The molecule has 1 aliphatic rings. The van der Waals surface area contributed by atoms with Gasteiger partial charge >= 0.3 is 12.1 Å². The number of alkyl halides is 3. The fourth-order valence-corrected chi connectivity index (χ4v) is 5.38. The van der Waals surface area contributed by atoms with Gasteiger partial charge in [-0.25, -0.2) is 0 Å². The first-order chi connectivity index (χ1) is 14.4. The molecule has 1 saturated heterocycles. The molecule has 0 aliphatic carbocycles. The van der Waals surface area contributed by atoms with Gasteiger partial charge in [-0.2, -0.15) is 13.2 Å². The zero-order chi connectivity index (χ0) is 22.9. The highest BCUT2D eigenvalue weighted by atomic mass is 32.2.